The fourth-order valence-electron chi connectivity index (χ4n) is 5.06. The SMILES string of the molecule is CC[C@@](C)(N)c1cnc(O[C@@H](C)CCS(C)(=O)=O)c2cnc(Nc3ccc4c(n3)C3(CC3)[C@H](C)OC4=O)cc12. The summed E-state index contributed by atoms with van der Waals surface area (Å²) >= 11 is 0. The van der Waals surface area contributed by atoms with E-state index in [0.29, 0.717) is 41.3 Å². The second-order valence-corrected chi connectivity index (χ2v) is 13.4. The third-order valence-corrected chi connectivity index (χ3v) is 8.96. The number of hydrogen-bond acceptors (Lipinski definition) is 10. The second kappa shape index (κ2) is 9.71. The standard InChI is InChI=1S/C28H35N5O5S/c1-6-27(4,29)21-15-31-25(37-16(2)9-12-39(5,35)36)20-14-30-23(13-19(20)21)32-22-8-7-18-24(33-22)28(10-11-28)17(3)38-26(18)34/h7-8,13-17H,6,9-12,29H2,1-5H3,(H,30,32,33)/t16-,17-,27+/m0/s1. The van der Waals surface area contributed by atoms with E-state index in [4.69, 9.17) is 20.2 Å². The van der Waals surface area contributed by atoms with E-state index in [-0.39, 0.29) is 29.3 Å². The van der Waals surface area contributed by atoms with Gasteiger partial charge in [-0.2, -0.15) is 0 Å². The predicted molar refractivity (Wildman–Crippen MR) is 149 cm³/mol. The Kier molecular flexibility index (Phi) is 6.79. The average Bonchev–Trinajstić information content (AvgIpc) is 3.68. The van der Waals surface area contributed by atoms with Crippen LogP contribution in [0.1, 0.15) is 75.0 Å². The molecule has 1 aliphatic heterocycles. The number of carbonyl (C=O) groups is 1. The Morgan fingerprint density at radius 2 is 1.97 bits per heavy atom. The quantitative estimate of drug-likeness (QED) is 0.371. The fraction of sp³-hybridized carbons (Fsp3) is 0.500. The Hall–Kier alpha value is -3.31. The number of fused-ring (bicyclic) bond motifs is 3. The van der Waals surface area contributed by atoms with Crippen LogP contribution >= 0.6 is 0 Å². The van der Waals surface area contributed by atoms with Crippen LogP contribution in [-0.2, 0) is 25.5 Å². The number of nitrogens with one attached hydrogen (secondary N) is 1. The van der Waals surface area contributed by atoms with Crippen molar-refractivity contribution in [3.8, 4) is 5.88 Å². The van der Waals surface area contributed by atoms with E-state index in [1.54, 1.807) is 24.5 Å². The number of esters is 1. The maximum absolute atomic E-state index is 12.4. The van der Waals surface area contributed by atoms with Crippen LogP contribution in [0, 0.1) is 0 Å². The van der Waals surface area contributed by atoms with E-state index >= 15 is 0 Å². The third-order valence-electron chi connectivity index (χ3n) is 7.99. The minimum absolute atomic E-state index is 0.0266. The van der Waals surface area contributed by atoms with Crippen LogP contribution in [-0.4, -0.2) is 53.6 Å². The van der Waals surface area contributed by atoms with Gasteiger partial charge in [0.2, 0.25) is 5.88 Å². The Morgan fingerprint density at radius 1 is 1.23 bits per heavy atom. The molecule has 1 fully saturated rings. The third kappa shape index (κ3) is 5.29. The summed E-state index contributed by atoms with van der Waals surface area (Å²) in [6.07, 6.45) is 6.94. The zero-order valence-electron chi connectivity index (χ0n) is 22.9. The Bertz CT molecular complexity index is 1550. The lowest BCUT2D eigenvalue weighted by Gasteiger charge is -2.30. The van der Waals surface area contributed by atoms with Crippen molar-refractivity contribution < 1.29 is 22.7 Å². The Balaban J connectivity index is 1.49. The number of nitrogens with two attached hydrogens (primary N) is 1. The van der Waals surface area contributed by atoms with E-state index < -0.39 is 15.4 Å². The number of anilines is 2. The normalized spacial score (nSPS) is 20.2. The lowest BCUT2D eigenvalue weighted by atomic mass is 9.88. The lowest BCUT2D eigenvalue weighted by molar-refractivity contribution is 0.0183. The largest absolute Gasteiger partial charge is 0.474 e. The number of sulfone groups is 1. The monoisotopic (exact) mass is 553 g/mol. The van der Waals surface area contributed by atoms with Gasteiger partial charge in [-0.25, -0.2) is 28.2 Å². The summed E-state index contributed by atoms with van der Waals surface area (Å²) in [6.45, 7) is 7.71. The maximum Gasteiger partial charge on any atom is 0.340 e. The molecule has 0 radical (unpaired) electrons. The molecule has 39 heavy (non-hydrogen) atoms. The average molecular weight is 554 g/mol. The molecule has 0 unspecified atom stereocenters. The maximum atomic E-state index is 12.4. The van der Waals surface area contributed by atoms with Crippen LogP contribution < -0.4 is 15.8 Å². The first kappa shape index (κ1) is 27.3. The van der Waals surface area contributed by atoms with Crippen LogP contribution in [0.5, 0.6) is 5.88 Å². The smallest absolute Gasteiger partial charge is 0.340 e. The molecule has 3 atom stereocenters. The molecule has 0 aromatic carbocycles. The summed E-state index contributed by atoms with van der Waals surface area (Å²) in [5.41, 5.74) is 7.93. The molecule has 5 rings (SSSR count). The first-order valence-corrected chi connectivity index (χ1v) is 15.3. The zero-order valence-corrected chi connectivity index (χ0v) is 23.8. The molecular weight excluding hydrogens is 518 g/mol. The molecule has 3 aromatic heterocycles. The van der Waals surface area contributed by atoms with Crippen molar-refractivity contribution in [3.63, 3.8) is 0 Å². The highest BCUT2D eigenvalue weighted by molar-refractivity contribution is 7.90. The number of carbonyl (C=O) groups excluding carboxylic acids is 1. The molecule has 0 bridgehead atoms. The van der Waals surface area contributed by atoms with Gasteiger partial charge in [-0.15, -0.1) is 0 Å². The van der Waals surface area contributed by atoms with Gasteiger partial charge in [-0.1, -0.05) is 6.92 Å². The molecule has 208 valence electrons. The van der Waals surface area contributed by atoms with Crippen molar-refractivity contribution in [1.82, 2.24) is 15.0 Å². The summed E-state index contributed by atoms with van der Waals surface area (Å²) < 4.78 is 34.8. The summed E-state index contributed by atoms with van der Waals surface area (Å²) in [6, 6.07) is 5.40. The highest BCUT2D eigenvalue weighted by Gasteiger charge is 2.56. The molecule has 10 nitrogen and oxygen atoms in total. The van der Waals surface area contributed by atoms with E-state index in [9.17, 15) is 13.2 Å². The predicted octanol–water partition coefficient (Wildman–Crippen LogP) is 4.14. The van der Waals surface area contributed by atoms with Crippen molar-refractivity contribution in [1.29, 1.82) is 0 Å². The molecular formula is C28H35N5O5S. The molecule has 0 saturated heterocycles. The van der Waals surface area contributed by atoms with Crippen molar-refractivity contribution in [2.75, 3.05) is 17.3 Å². The van der Waals surface area contributed by atoms with Crippen LogP contribution in [0.3, 0.4) is 0 Å². The molecule has 1 saturated carbocycles. The van der Waals surface area contributed by atoms with Crippen molar-refractivity contribution in [2.24, 2.45) is 5.73 Å². The first-order chi connectivity index (χ1) is 18.3. The molecule has 1 aliphatic carbocycles. The first-order valence-electron chi connectivity index (χ1n) is 13.2. The van der Waals surface area contributed by atoms with Gasteiger partial charge in [0.25, 0.3) is 0 Å². The van der Waals surface area contributed by atoms with E-state index in [0.717, 1.165) is 29.5 Å². The molecule has 3 aromatic rings. The van der Waals surface area contributed by atoms with Crippen molar-refractivity contribution in [3.05, 3.63) is 47.4 Å². The van der Waals surface area contributed by atoms with Crippen molar-refractivity contribution in [2.45, 2.75) is 76.5 Å². The minimum atomic E-state index is -3.10. The molecule has 2 aliphatic rings. The second-order valence-electron chi connectivity index (χ2n) is 11.1. The van der Waals surface area contributed by atoms with Crippen molar-refractivity contribution >= 4 is 38.2 Å². The van der Waals surface area contributed by atoms with Crippen LogP contribution in [0.2, 0.25) is 0 Å². The number of rotatable bonds is 9. The lowest BCUT2D eigenvalue weighted by Crippen LogP contribution is -2.36. The van der Waals surface area contributed by atoms with Gasteiger partial charge in [0.15, 0.2) is 0 Å². The van der Waals surface area contributed by atoms with Gasteiger partial charge in [0.1, 0.15) is 27.6 Å². The van der Waals surface area contributed by atoms with Gasteiger partial charge in [0.05, 0.1) is 33.9 Å². The van der Waals surface area contributed by atoms with Gasteiger partial charge >= 0.3 is 5.97 Å². The topological polar surface area (TPSA) is 146 Å². The number of nitrogens with zero attached hydrogens (tertiary/aromatic N) is 3. The van der Waals surface area contributed by atoms with E-state index in [1.807, 2.05) is 33.8 Å². The minimum Gasteiger partial charge on any atom is -0.474 e. The zero-order chi connectivity index (χ0) is 28.2. The Labute approximate surface area is 228 Å². The summed E-state index contributed by atoms with van der Waals surface area (Å²) in [5.74, 6) is 1.20. The number of pyridine rings is 3. The highest BCUT2D eigenvalue weighted by Crippen LogP contribution is 2.54. The molecule has 11 heteroatoms. The van der Waals surface area contributed by atoms with Crippen LogP contribution in [0.15, 0.2) is 30.6 Å². The Morgan fingerprint density at radius 3 is 2.64 bits per heavy atom. The van der Waals surface area contributed by atoms with E-state index in [1.165, 1.54) is 6.26 Å². The summed E-state index contributed by atoms with van der Waals surface area (Å²) in [7, 11) is -3.10. The van der Waals surface area contributed by atoms with E-state index in [2.05, 4.69) is 15.3 Å². The van der Waals surface area contributed by atoms with Gasteiger partial charge < -0.3 is 20.5 Å². The number of hydrogen-bond donors (Lipinski definition) is 2. The molecule has 1 spiro atoms. The molecule has 4 heterocycles. The van der Waals surface area contributed by atoms with Gasteiger partial charge in [-0.05, 0) is 75.6 Å². The highest BCUT2D eigenvalue weighted by atomic mass is 32.2. The van der Waals surface area contributed by atoms with Gasteiger partial charge in [0, 0.05) is 24.2 Å². The number of ether oxygens (including phenoxy) is 2. The van der Waals surface area contributed by atoms with Crippen LogP contribution in [0.4, 0.5) is 11.6 Å². The molecule has 3 N–H and O–H groups in total. The van der Waals surface area contributed by atoms with Gasteiger partial charge in [-0.3, -0.25) is 0 Å². The fourth-order valence-corrected chi connectivity index (χ4v) is 5.82. The summed E-state index contributed by atoms with van der Waals surface area (Å²) in [4.78, 5) is 26.4. The number of cyclic esters (lactones) is 1. The molecule has 0 amide bonds. The van der Waals surface area contributed by atoms with Crippen LogP contribution in [0.25, 0.3) is 10.8 Å². The summed E-state index contributed by atoms with van der Waals surface area (Å²) in [5, 5.41) is 4.80. The number of aromatic nitrogens is 3.